The van der Waals surface area contributed by atoms with Crippen LogP contribution in [-0.4, -0.2) is 28.6 Å². The fourth-order valence-corrected chi connectivity index (χ4v) is 2.89. The molecule has 0 bridgehead atoms. The minimum Gasteiger partial charge on any atom is -0.497 e. The van der Waals surface area contributed by atoms with E-state index in [0.29, 0.717) is 11.4 Å². The van der Waals surface area contributed by atoms with Crippen LogP contribution in [-0.2, 0) is 6.42 Å². The zero-order valence-electron chi connectivity index (χ0n) is 13.9. The predicted octanol–water partition coefficient (Wildman–Crippen LogP) is 3.16. The number of nitrogens with zero attached hydrogens (tertiary/aromatic N) is 2. The average molecular weight is 341 g/mol. The molecule has 0 radical (unpaired) electrons. The molecule has 124 valence electrons. The van der Waals surface area contributed by atoms with Crippen LogP contribution in [0.1, 0.15) is 11.3 Å². The lowest BCUT2D eigenvalue weighted by atomic mass is 10.1. The molecular weight excluding hydrogens is 322 g/mol. The smallest absolute Gasteiger partial charge is 0.137 e. The Balaban J connectivity index is 2.31. The first-order valence-corrected chi connectivity index (χ1v) is 7.92. The molecule has 0 saturated carbocycles. The van der Waals surface area contributed by atoms with Gasteiger partial charge in [-0.15, -0.1) is 0 Å². The number of benzene rings is 1. The molecule has 1 aromatic carbocycles. The number of methoxy groups -OCH3 is 2. The molecule has 3 rings (SSSR count). The van der Waals surface area contributed by atoms with E-state index >= 15 is 0 Å². The number of aromatic nitrogens is 2. The van der Waals surface area contributed by atoms with Gasteiger partial charge >= 0.3 is 0 Å². The van der Waals surface area contributed by atoms with Gasteiger partial charge in [-0.3, -0.25) is 0 Å². The van der Waals surface area contributed by atoms with Crippen molar-refractivity contribution >= 4 is 22.9 Å². The van der Waals surface area contributed by atoms with Gasteiger partial charge in [-0.2, -0.15) is 0 Å². The Labute approximate surface area is 146 Å². The zero-order valence-corrected chi connectivity index (χ0v) is 14.7. The third-order valence-corrected chi connectivity index (χ3v) is 4.01. The quantitative estimate of drug-likeness (QED) is 0.722. The van der Waals surface area contributed by atoms with E-state index in [1.165, 1.54) is 0 Å². The molecular formula is C18H19N3O2S. The average Bonchev–Trinajstić information content (AvgIpc) is 2.91. The summed E-state index contributed by atoms with van der Waals surface area (Å²) < 4.78 is 12.9. The topological polar surface area (TPSA) is 61.8 Å². The summed E-state index contributed by atoms with van der Waals surface area (Å²) in [7, 11) is 3.27. The lowest BCUT2D eigenvalue weighted by Gasteiger charge is -2.11. The molecule has 0 fully saturated rings. The highest BCUT2D eigenvalue weighted by Gasteiger charge is 2.19. The minimum atomic E-state index is 0.418. The Bertz CT molecular complexity index is 918. The van der Waals surface area contributed by atoms with E-state index in [9.17, 15) is 0 Å². The van der Waals surface area contributed by atoms with Gasteiger partial charge in [-0.1, -0.05) is 18.3 Å². The van der Waals surface area contributed by atoms with Crippen molar-refractivity contribution in [2.24, 2.45) is 5.73 Å². The van der Waals surface area contributed by atoms with E-state index in [-0.39, 0.29) is 0 Å². The maximum absolute atomic E-state index is 5.82. The Kier molecular flexibility index (Phi) is 4.40. The van der Waals surface area contributed by atoms with E-state index in [4.69, 9.17) is 32.4 Å². The lowest BCUT2D eigenvalue weighted by Crippen LogP contribution is -2.13. The van der Waals surface area contributed by atoms with Crippen LogP contribution >= 0.6 is 12.2 Å². The molecule has 2 N–H and O–H groups in total. The van der Waals surface area contributed by atoms with Gasteiger partial charge in [0.2, 0.25) is 0 Å². The first-order chi connectivity index (χ1) is 11.5. The first kappa shape index (κ1) is 16.3. The zero-order chi connectivity index (χ0) is 17.3. The second-order valence-corrected chi connectivity index (χ2v) is 6.08. The number of hydrogen-bond acceptors (Lipinski definition) is 4. The van der Waals surface area contributed by atoms with Crippen molar-refractivity contribution in [3.05, 3.63) is 47.8 Å². The summed E-state index contributed by atoms with van der Waals surface area (Å²) in [6, 6.07) is 9.65. The second-order valence-electron chi connectivity index (χ2n) is 5.55. The highest BCUT2D eigenvalue weighted by atomic mass is 32.1. The van der Waals surface area contributed by atoms with Crippen LogP contribution in [0.4, 0.5) is 0 Å². The van der Waals surface area contributed by atoms with E-state index in [1.54, 1.807) is 14.2 Å². The van der Waals surface area contributed by atoms with Crippen molar-refractivity contribution in [1.29, 1.82) is 0 Å². The Hall–Kier alpha value is -2.60. The molecule has 0 aliphatic carbocycles. The van der Waals surface area contributed by atoms with Crippen LogP contribution in [0.5, 0.6) is 11.5 Å². The SMILES string of the molecule is COc1ccc(OC)c(-c2nc3ccc(C)cn3c2CC(N)=S)c1. The summed E-state index contributed by atoms with van der Waals surface area (Å²) in [5, 5.41) is 0. The number of fused-ring (bicyclic) bond motifs is 1. The number of rotatable bonds is 5. The van der Waals surface area contributed by atoms with Crippen LogP contribution in [0.2, 0.25) is 0 Å². The van der Waals surface area contributed by atoms with Crippen molar-refractivity contribution < 1.29 is 9.47 Å². The van der Waals surface area contributed by atoms with Crippen molar-refractivity contribution in [3.8, 4) is 22.8 Å². The predicted molar refractivity (Wildman–Crippen MR) is 99.0 cm³/mol. The number of thiocarbonyl (C=S) groups is 1. The van der Waals surface area contributed by atoms with Crippen LogP contribution in [0.3, 0.4) is 0 Å². The molecule has 0 unspecified atom stereocenters. The maximum Gasteiger partial charge on any atom is 0.137 e. The summed E-state index contributed by atoms with van der Waals surface area (Å²) in [6.07, 6.45) is 2.49. The Morgan fingerprint density at radius 1 is 1.21 bits per heavy atom. The third kappa shape index (κ3) is 2.92. The van der Waals surface area contributed by atoms with Crippen molar-refractivity contribution in [2.75, 3.05) is 14.2 Å². The molecule has 0 saturated heterocycles. The summed E-state index contributed by atoms with van der Waals surface area (Å²) in [5.41, 5.74) is 10.4. The van der Waals surface area contributed by atoms with E-state index in [1.807, 2.05) is 47.9 Å². The first-order valence-electron chi connectivity index (χ1n) is 7.51. The molecule has 0 aliphatic heterocycles. The number of imidazole rings is 1. The summed E-state index contributed by atoms with van der Waals surface area (Å²) in [5.74, 6) is 1.46. The van der Waals surface area contributed by atoms with Gasteiger partial charge < -0.3 is 19.6 Å². The normalized spacial score (nSPS) is 10.8. The molecule has 6 heteroatoms. The van der Waals surface area contributed by atoms with Gasteiger partial charge in [0.05, 0.1) is 30.6 Å². The summed E-state index contributed by atoms with van der Waals surface area (Å²) in [6.45, 7) is 2.04. The minimum absolute atomic E-state index is 0.418. The highest BCUT2D eigenvalue weighted by Crippen LogP contribution is 2.35. The second kappa shape index (κ2) is 6.49. The molecule has 5 nitrogen and oxygen atoms in total. The van der Waals surface area contributed by atoms with Crippen molar-refractivity contribution in [1.82, 2.24) is 9.38 Å². The van der Waals surface area contributed by atoms with Crippen LogP contribution in [0.25, 0.3) is 16.9 Å². The number of nitrogens with two attached hydrogens (primary N) is 1. The summed E-state index contributed by atoms with van der Waals surface area (Å²) in [4.78, 5) is 5.19. The molecule has 3 aromatic rings. The molecule has 0 aliphatic rings. The van der Waals surface area contributed by atoms with E-state index in [0.717, 1.165) is 39.7 Å². The number of aryl methyl sites for hydroxylation is 1. The van der Waals surface area contributed by atoms with Crippen LogP contribution in [0, 0.1) is 6.92 Å². The number of hydrogen-bond donors (Lipinski definition) is 1. The van der Waals surface area contributed by atoms with Crippen LogP contribution < -0.4 is 15.2 Å². The van der Waals surface area contributed by atoms with Gasteiger partial charge in [0.15, 0.2) is 0 Å². The highest BCUT2D eigenvalue weighted by molar-refractivity contribution is 7.80. The van der Waals surface area contributed by atoms with E-state index < -0.39 is 0 Å². The fraction of sp³-hybridized carbons (Fsp3) is 0.222. The van der Waals surface area contributed by atoms with Gasteiger partial charge in [0, 0.05) is 18.2 Å². The Morgan fingerprint density at radius 2 is 2.00 bits per heavy atom. The summed E-state index contributed by atoms with van der Waals surface area (Å²) >= 11 is 5.14. The van der Waals surface area contributed by atoms with Gasteiger partial charge in [-0.25, -0.2) is 4.98 Å². The van der Waals surface area contributed by atoms with Crippen LogP contribution in [0.15, 0.2) is 36.5 Å². The molecule has 24 heavy (non-hydrogen) atoms. The molecule has 2 aromatic heterocycles. The van der Waals surface area contributed by atoms with Gasteiger partial charge in [0.1, 0.15) is 17.1 Å². The molecule has 0 atom stereocenters. The van der Waals surface area contributed by atoms with Crippen molar-refractivity contribution in [3.63, 3.8) is 0 Å². The maximum atomic E-state index is 5.82. The number of ether oxygens (including phenoxy) is 2. The Morgan fingerprint density at radius 3 is 2.67 bits per heavy atom. The van der Waals surface area contributed by atoms with Crippen molar-refractivity contribution in [2.45, 2.75) is 13.3 Å². The molecule has 0 amide bonds. The van der Waals surface area contributed by atoms with Gasteiger partial charge in [-0.05, 0) is 36.8 Å². The number of pyridine rings is 1. The fourth-order valence-electron chi connectivity index (χ4n) is 2.75. The lowest BCUT2D eigenvalue weighted by molar-refractivity contribution is 0.404. The van der Waals surface area contributed by atoms with E-state index in [2.05, 4.69) is 0 Å². The molecule has 0 spiro atoms. The monoisotopic (exact) mass is 341 g/mol. The standard InChI is InChI=1S/C18H19N3O2S/c1-11-4-7-17-20-18(14(9-16(19)24)21(17)10-11)13-8-12(22-2)5-6-15(13)23-3/h4-8,10H,9H2,1-3H3,(H2,19,24). The largest absolute Gasteiger partial charge is 0.497 e. The third-order valence-electron chi connectivity index (χ3n) is 3.87. The molecule has 2 heterocycles. The van der Waals surface area contributed by atoms with Gasteiger partial charge in [0.25, 0.3) is 0 Å².